The molecule has 1 heterocycles. The maximum Gasteiger partial charge on any atom is 0.208 e. The average Bonchev–Trinajstić information content (AvgIpc) is 2.48. The van der Waals surface area contributed by atoms with Gasteiger partial charge in [0.25, 0.3) is 0 Å². The third kappa shape index (κ3) is 6.13. The Morgan fingerprint density at radius 1 is 1.33 bits per heavy atom. The van der Waals surface area contributed by atoms with Crippen LogP contribution in [0, 0.1) is 5.92 Å². The van der Waals surface area contributed by atoms with Crippen LogP contribution in [0.15, 0.2) is 0 Å². The molecule has 0 aliphatic carbocycles. The van der Waals surface area contributed by atoms with Gasteiger partial charge in [0.2, 0.25) is 10.0 Å². The van der Waals surface area contributed by atoms with E-state index in [1.807, 2.05) is 0 Å². The van der Waals surface area contributed by atoms with Crippen molar-refractivity contribution in [2.75, 3.05) is 25.9 Å². The minimum Gasteiger partial charge on any atom is -0.317 e. The Hall–Kier alpha value is -0.170. The fourth-order valence-corrected chi connectivity index (χ4v) is 2.83. The fraction of sp³-hybridized carbons (Fsp3) is 1.00. The molecule has 18 heavy (non-hydrogen) atoms. The Morgan fingerprint density at radius 2 is 2.00 bits per heavy atom. The third-order valence-corrected chi connectivity index (χ3v) is 4.32. The number of hydrogen-bond donors (Lipinski definition) is 3. The van der Waals surface area contributed by atoms with E-state index >= 15 is 0 Å². The van der Waals surface area contributed by atoms with Crippen LogP contribution >= 0.6 is 0 Å². The lowest BCUT2D eigenvalue weighted by Crippen LogP contribution is -2.47. The summed E-state index contributed by atoms with van der Waals surface area (Å²) < 4.78 is 24.8. The van der Waals surface area contributed by atoms with Gasteiger partial charge in [-0.2, -0.15) is 0 Å². The van der Waals surface area contributed by atoms with E-state index in [9.17, 15) is 8.42 Å². The first-order valence-electron chi connectivity index (χ1n) is 6.83. The molecule has 0 radical (unpaired) electrons. The predicted octanol–water partition coefficient (Wildman–Crippen LogP) is 0.292. The second-order valence-corrected chi connectivity index (χ2v) is 7.14. The SMILES string of the molecule is CCC(CNS(C)(=O)=O)NC1CCNCCC1C. The zero-order valence-corrected chi connectivity index (χ0v) is 12.5. The lowest BCUT2D eigenvalue weighted by atomic mass is 9.96. The van der Waals surface area contributed by atoms with Crippen molar-refractivity contribution in [3.8, 4) is 0 Å². The molecule has 6 heteroatoms. The molecular weight excluding hydrogens is 250 g/mol. The largest absolute Gasteiger partial charge is 0.317 e. The fourth-order valence-electron chi connectivity index (χ4n) is 2.32. The van der Waals surface area contributed by atoms with E-state index in [1.54, 1.807) is 0 Å². The summed E-state index contributed by atoms with van der Waals surface area (Å²) in [5.74, 6) is 0.632. The molecule has 3 N–H and O–H groups in total. The third-order valence-electron chi connectivity index (χ3n) is 3.63. The van der Waals surface area contributed by atoms with Crippen LogP contribution in [0.2, 0.25) is 0 Å². The van der Waals surface area contributed by atoms with Crippen LogP contribution < -0.4 is 15.4 Å². The maximum absolute atomic E-state index is 11.1. The Kier molecular flexibility index (Phi) is 6.55. The van der Waals surface area contributed by atoms with Crippen molar-refractivity contribution < 1.29 is 8.42 Å². The first-order chi connectivity index (χ1) is 8.42. The van der Waals surface area contributed by atoms with Crippen molar-refractivity contribution in [3.63, 3.8) is 0 Å². The minimum atomic E-state index is -3.09. The predicted molar refractivity (Wildman–Crippen MR) is 75.1 cm³/mol. The molecule has 0 aromatic carbocycles. The summed E-state index contributed by atoms with van der Waals surface area (Å²) in [5.41, 5.74) is 0. The van der Waals surface area contributed by atoms with Gasteiger partial charge in [-0.3, -0.25) is 0 Å². The summed E-state index contributed by atoms with van der Waals surface area (Å²) in [6, 6.07) is 0.691. The molecule has 1 fully saturated rings. The van der Waals surface area contributed by atoms with Crippen molar-refractivity contribution in [1.82, 2.24) is 15.4 Å². The highest BCUT2D eigenvalue weighted by molar-refractivity contribution is 7.88. The zero-order chi connectivity index (χ0) is 13.6. The maximum atomic E-state index is 11.1. The molecule has 1 aliphatic rings. The van der Waals surface area contributed by atoms with Crippen molar-refractivity contribution in [3.05, 3.63) is 0 Å². The van der Waals surface area contributed by atoms with Crippen molar-refractivity contribution in [2.45, 2.75) is 45.2 Å². The van der Waals surface area contributed by atoms with Gasteiger partial charge >= 0.3 is 0 Å². The molecule has 5 nitrogen and oxygen atoms in total. The zero-order valence-electron chi connectivity index (χ0n) is 11.7. The average molecular weight is 277 g/mol. The van der Waals surface area contributed by atoms with Gasteiger partial charge in [-0.25, -0.2) is 13.1 Å². The van der Waals surface area contributed by atoms with Gasteiger partial charge in [0.15, 0.2) is 0 Å². The highest BCUT2D eigenvalue weighted by atomic mass is 32.2. The Labute approximate surface area is 111 Å². The molecule has 0 bridgehead atoms. The molecule has 1 rings (SSSR count). The van der Waals surface area contributed by atoms with Gasteiger partial charge < -0.3 is 10.6 Å². The molecule has 1 aliphatic heterocycles. The van der Waals surface area contributed by atoms with Crippen molar-refractivity contribution in [1.29, 1.82) is 0 Å². The normalized spacial score (nSPS) is 27.7. The van der Waals surface area contributed by atoms with E-state index in [4.69, 9.17) is 0 Å². The molecule has 0 amide bonds. The summed E-state index contributed by atoms with van der Waals surface area (Å²) in [5, 5.41) is 7.00. The Bertz CT molecular complexity index is 332. The summed E-state index contributed by atoms with van der Waals surface area (Å²) >= 11 is 0. The van der Waals surface area contributed by atoms with Crippen LogP contribution in [-0.4, -0.2) is 46.4 Å². The van der Waals surface area contributed by atoms with E-state index in [-0.39, 0.29) is 6.04 Å². The van der Waals surface area contributed by atoms with E-state index in [0.717, 1.165) is 25.9 Å². The molecule has 0 spiro atoms. The van der Waals surface area contributed by atoms with Gasteiger partial charge in [-0.15, -0.1) is 0 Å². The number of rotatable bonds is 6. The van der Waals surface area contributed by atoms with Crippen LogP contribution in [0.25, 0.3) is 0 Å². The lowest BCUT2D eigenvalue weighted by Gasteiger charge is -2.28. The molecule has 1 saturated heterocycles. The monoisotopic (exact) mass is 277 g/mol. The number of hydrogen-bond acceptors (Lipinski definition) is 4. The smallest absolute Gasteiger partial charge is 0.208 e. The van der Waals surface area contributed by atoms with Gasteiger partial charge in [-0.05, 0) is 38.3 Å². The number of sulfonamides is 1. The van der Waals surface area contributed by atoms with Crippen LogP contribution in [0.4, 0.5) is 0 Å². The van der Waals surface area contributed by atoms with Gasteiger partial charge in [0.1, 0.15) is 0 Å². The van der Waals surface area contributed by atoms with E-state index in [2.05, 4.69) is 29.2 Å². The summed E-state index contributed by atoms with van der Waals surface area (Å²) in [6.45, 7) is 6.95. The Balaban J connectivity index is 2.45. The second-order valence-electron chi connectivity index (χ2n) is 5.30. The summed E-state index contributed by atoms with van der Waals surface area (Å²) in [4.78, 5) is 0. The summed E-state index contributed by atoms with van der Waals surface area (Å²) in [7, 11) is -3.09. The van der Waals surface area contributed by atoms with Crippen LogP contribution in [0.3, 0.4) is 0 Å². The molecule has 0 saturated carbocycles. The molecule has 0 aromatic rings. The van der Waals surface area contributed by atoms with Crippen molar-refractivity contribution in [2.24, 2.45) is 5.92 Å². The quantitative estimate of drug-likeness (QED) is 0.653. The van der Waals surface area contributed by atoms with E-state index < -0.39 is 10.0 Å². The molecule has 108 valence electrons. The first kappa shape index (κ1) is 15.9. The van der Waals surface area contributed by atoms with Crippen LogP contribution in [0.5, 0.6) is 0 Å². The number of nitrogens with one attached hydrogen (secondary N) is 3. The van der Waals surface area contributed by atoms with Crippen LogP contribution in [0.1, 0.15) is 33.1 Å². The first-order valence-corrected chi connectivity index (χ1v) is 8.73. The van der Waals surface area contributed by atoms with Gasteiger partial charge in [0, 0.05) is 18.6 Å². The lowest BCUT2D eigenvalue weighted by molar-refractivity contribution is 0.321. The standard InChI is InChI=1S/C12H27N3O2S/c1-4-11(9-14-18(3,16)17)15-12-6-8-13-7-5-10(12)2/h10-15H,4-9H2,1-3H3. The second kappa shape index (κ2) is 7.43. The minimum absolute atomic E-state index is 0.213. The van der Waals surface area contributed by atoms with E-state index in [0.29, 0.717) is 18.5 Å². The van der Waals surface area contributed by atoms with Crippen LogP contribution in [-0.2, 0) is 10.0 Å². The summed E-state index contributed by atoms with van der Waals surface area (Å²) in [6.07, 6.45) is 4.42. The van der Waals surface area contributed by atoms with Gasteiger partial charge in [0.05, 0.1) is 6.26 Å². The molecule has 3 unspecified atom stereocenters. The molecule has 0 aromatic heterocycles. The highest BCUT2D eigenvalue weighted by Gasteiger charge is 2.22. The highest BCUT2D eigenvalue weighted by Crippen LogP contribution is 2.14. The molecule has 3 atom stereocenters. The topological polar surface area (TPSA) is 70.2 Å². The van der Waals surface area contributed by atoms with E-state index in [1.165, 1.54) is 12.7 Å². The van der Waals surface area contributed by atoms with Crippen molar-refractivity contribution >= 4 is 10.0 Å². The van der Waals surface area contributed by atoms with Gasteiger partial charge in [-0.1, -0.05) is 13.8 Å². The Morgan fingerprint density at radius 3 is 2.61 bits per heavy atom. The molecular formula is C12H27N3O2S.